The molecular weight excluding hydrogens is 352 g/mol. The summed E-state index contributed by atoms with van der Waals surface area (Å²) in [5.74, 6) is 0.649. The molecule has 0 saturated carbocycles. The molecule has 26 heavy (non-hydrogen) atoms. The van der Waals surface area contributed by atoms with Gasteiger partial charge in [-0.05, 0) is 38.1 Å². The number of sulfonamides is 1. The van der Waals surface area contributed by atoms with Crippen LogP contribution >= 0.6 is 0 Å². The Labute approximate surface area is 155 Å². The van der Waals surface area contributed by atoms with Gasteiger partial charge in [-0.25, -0.2) is 8.42 Å². The number of aryl methyl sites for hydroxylation is 2. The third-order valence-electron chi connectivity index (χ3n) is 5.07. The van der Waals surface area contributed by atoms with E-state index in [0.717, 1.165) is 17.9 Å². The smallest absolute Gasteiger partial charge is 0.243 e. The van der Waals surface area contributed by atoms with Crippen molar-refractivity contribution in [2.75, 3.05) is 33.3 Å². The van der Waals surface area contributed by atoms with Crippen LogP contribution in [0.1, 0.15) is 17.0 Å². The molecule has 8 heteroatoms. The lowest BCUT2D eigenvalue weighted by Gasteiger charge is -2.34. The molecule has 0 radical (unpaired) electrons. The van der Waals surface area contributed by atoms with Gasteiger partial charge in [-0.1, -0.05) is 0 Å². The van der Waals surface area contributed by atoms with Crippen molar-refractivity contribution in [3.8, 4) is 5.75 Å². The topological polar surface area (TPSA) is 67.7 Å². The summed E-state index contributed by atoms with van der Waals surface area (Å²) in [7, 11) is 0.0526. The maximum Gasteiger partial charge on any atom is 0.243 e. The number of hydrogen-bond donors (Lipinski definition) is 0. The first kappa shape index (κ1) is 18.9. The van der Waals surface area contributed by atoms with Gasteiger partial charge in [0.15, 0.2) is 0 Å². The number of piperazine rings is 1. The van der Waals surface area contributed by atoms with Crippen molar-refractivity contribution >= 4 is 10.0 Å². The minimum Gasteiger partial charge on any atom is -0.497 e. The number of hydrogen-bond acceptors (Lipinski definition) is 5. The molecule has 1 saturated heterocycles. The van der Waals surface area contributed by atoms with E-state index < -0.39 is 10.0 Å². The normalized spacial score (nSPS) is 16.8. The highest BCUT2D eigenvalue weighted by Crippen LogP contribution is 2.22. The summed E-state index contributed by atoms with van der Waals surface area (Å²) in [4.78, 5) is 2.60. The van der Waals surface area contributed by atoms with Gasteiger partial charge >= 0.3 is 0 Å². The van der Waals surface area contributed by atoms with Crippen molar-refractivity contribution in [3.63, 3.8) is 0 Å². The van der Waals surface area contributed by atoms with Crippen LogP contribution in [0.15, 0.2) is 29.2 Å². The second-order valence-electron chi connectivity index (χ2n) is 6.63. The summed E-state index contributed by atoms with van der Waals surface area (Å²) in [6.07, 6.45) is 0. The zero-order valence-corrected chi connectivity index (χ0v) is 16.6. The summed E-state index contributed by atoms with van der Waals surface area (Å²) >= 11 is 0. The molecule has 2 aromatic rings. The number of rotatable bonds is 5. The van der Waals surface area contributed by atoms with Crippen LogP contribution < -0.4 is 4.74 Å². The minimum absolute atomic E-state index is 0.311. The van der Waals surface area contributed by atoms with E-state index in [1.807, 2.05) is 18.7 Å². The third kappa shape index (κ3) is 3.62. The van der Waals surface area contributed by atoms with Gasteiger partial charge in [0, 0.05) is 51.0 Å². The van der Waals surface area contributed by atoms with E-state index in [4.69, 9.17) is 4.74 Å². The predicted octanol–water partition coefficient (Wildman–Crippen LogP) is 1.55. The van der Waals surface area contributed by atoms with E-state index in [0.29, 0.717) is 36.8 Å². The van der Waals surface area contributed by atoms with Crippen LogP contribution in [-0.2, 0) is 23.6 Å². The average molecular weight is 378 g/mol. The van der Waals surface area contributed by atoms with Gasteiger partial charge in [-0.15, -0.1) is 0 Å². The maximum atomic E-state index is 12.8. The minimum atomic E-state index is -3.46. The Morgan fingerprint density at radius 1 is 1.08 bits per heavy atom. The van der Waals surface area contributed by atoms with E-state index in [1.165, 1.54) is 5.56 Å². The fraction of sp³-hybridized carbons (Fsp3) is 0.500. The van der Waals surface area contributed by atoms with E-state index in [1.54, 1.807) is 35.7 Å². The number of aromatic nitrogens is 2. The molecule has 1 aliphatic heterocycles. The number of methoxy groups -OCH3 is 1. The Hall–Kier alpha value is -1.90. The standard InChI is InChI=1S/C18H26N4O3S/c1-14-18(15(2)20(3)19-14)13-21-9-11-22(12-10-21)26(23,24)17-7-5-16(25-4)6-8-17/h5-8H,9-13H2,1-4H3. The molecule has 0 spiro atoms. The summed E-state index contributed by atoms with van der Waals surface area (Å²) in [5.41, 5.74) is 3.44. The van der Waals surface area contributed by atoms with Crippen LogP contribution in [0.4, 0.5) is 0 Å². The fourth-order valence-corrected chi connectivity index (χ4v) is 4.72. The zero-order valence-electron chi connectivity index (χ0n) is 15.8. The van der Waals surface area contributed by atoms with Gasteiger partial charge in [0.2, 0.25) is 10.0 Å². The first-order chi connectivity index (χ1) is 12.3. The zero-order chi connectivity index (χ0) is 18.9. The second kappa shape index (κ2) is 7.38. The molecular formula is C18H26N4O3S. The third-order valence-corrected chi connectivity index (χ3v) is 6.98. The molecule has 0 atom stereocenters. The number of benzene rings is 1. The molecule has 7 nitrogen and oxygen atoms in total. The van der Waals surface area contributed by atoms with Crippen molar-refractivity contribution in [2.24, 2.45) is 7.05 Å². The van der Waals surface area contributed by atoms with Crippen LogP contribution in [0.2, 0.25) is 0 Å². The van der Waals surface area contributed by atoms with Gasteiger partial charge in [0.25, 0.3) is 0 Å². The number of nitrogens with zero attached hydrogens (tertiary/aromatic N) is 4. The van der Waals surface area contributed by atoms with E-state index in [-0.39, 0.29) is 0 Å². The summed E-state index contributed by atoms with van der Waals surface area (Å²) in [5, 5.41) is 4.46. The van der Waals surface area contributed by atoms with Gasteiger partial charge in [0.1, 0.15) is 5.75 Å². The predicted molar refractivity (Wildman–Crippen MR) is 99.7 cm³/mol. The van der Waals surface area contributed by atoms with Crippen LogP contribution in [0.3, 0.4) is 0 Å². The van der Waals surface area contributed by atoms with Crippen LogP contribution in [0.25, 0.3) is 0 Å². The van der Waals surface area contributed by atoms with Crippen molar-refractivity contribution in [2.45, 2.75) is 25.3 Å². The first-order valence-electron chi connectivity index (χ1n) is 8.68. The van der Waals surface area contributed by atoms with Crippen molar-refractivity contribution in [1.29, 1.82) is 0 Å². The monoisotopic (exact) mass is 378 g/mol. The lowest BCUT2D eigenvalue weighted by atomic mass is 10.1. The Balaban J connectivity index is 1.65. The lowest BCUT2D eigenvalue weighted by molar-refractivity contribution is 0.181. The van der Waals surface area contributed by atoms with Gasteiger partial charge in [0.05, 0.1) is 17.7 Å². The van der Waals surface area contributed by atoms with Gasteiger partial charge in [-0.3, -0.25) is 9.58 Å². The van der Waals surface area contributed by atoms with E-state index >= 15 is 0 Å². The molecule has 0 aliphatic carbocycles. The Bertz CT molecular complexity index is 867. The molecule has 3 rings (SSSR count). The molecule has 1 aromatic heterocycles. The maximum absolute atomic E-state index is 12.8. The molecule has 1 fully saturated rings. The summed E-state index contributed by atoms with van der Waals surface area (Å²) in [6.45, 7) is 7.31. The lowest BCUT2D eigenvalue weighted by Crippen LogP contribution is -2.48. The highest BCUT2D eigenvalue weighted by atomic mass is 32.2. The Morgan fingerprint density at radius 3 is 2.19 bits per heavy atom. The molecule has 0 unspecified atom stereocenters. The van der Waals surface area contributed by atoms with Crippen LogP contribution in [0, 0.1) is 13.8 Å². The summed E-state index contributed by atoms with van der Waals surface area (Å²) in [6, 6.07) is 6.56. The number of ether oxygens (including phenoxy) is 1. The highest BCUT2D eigenvalue weighted by Gasteiger charge is 2.29. The fourth-order valence-electron chi connectivity index (χ4n) is 3.29. The van der Waals surface area contributed by atoms with Crippen molar-refractivity contribution in [1.82, 2.24) is 19.0 Å². The molecule has 0 N–H and O–H groups in total. The van der Waals surface area contributed by atoms with Crippen LogP contribution in [-0.4, -0.2) is 60.7 Å². The van der Waals surface area contributed by atoms with E-state index in [2.05, 4.69) is 16.9 Å². The second-order valence-corrected chi connectivity index (χ2v) is 8.57. The SMILES string of the molecule is COc1ccc(S(=O)(=O)N2CCN(Cc3c(C)nn(C)c3C)CC2)cc1. The highest BCUT2D eigenvalue weighted by molar-refractivity contribution is 7.89. The van der Waals surface area contributed by atoms with Crippen LogP contribution in [0.5, 0.6) is 5.75 Å². The largest absolute Gasteiger partial charge is 0.497 e. The molecule has 1 aromatic carbocycles. The Kier molecular flexibility index (Phi) is 5.36. The first-order valence-corrected chi connectivity index (χ1v) is 10.1. The quantitative estimate of drug-likeness (QED) is 0.790. The van der Waals surface area contributed by atoms with Crippen molar-refractivity contribution < 1.29 is 13.2 Å². The summed E-state index contributed by atoms with van der Waals surface area (Å²) < 4.78 is 34.2. The Morgan fingerprint density at radius 2 is 1.69 bits per heavy atom. The molecule has 2 heterocycles. The van der Waals surface area contributed by atoms with Gasteiger partial charge < -0.3 is 4.74 Å². The molecule has 142 valence electrons. The molecule has 0 bridgehead atoms. The van der Waals surface area contributed by atoms with E-state index in [9.17, 15) is 8.42 Å². The molecule has 1 aliphatic rings. The van der Waals surface area contributed by atoms with Gasteiger partial charge in [-0.2, -0.15) is 9.40 Å². The van der Waals surface area contributed by atoms with Crippen molar-refractivity contribution in [3.05, 3.63) is 41.2 Å². The molecule has 0 amide bonds. The average Bonchev–Trinajstić information content (AvgIpc) is 2.88.